The number of nitrogens with one attached hydrogen (secondary N) is 2. The van der Waals surface area contributed by atoms with E-state index in [1.807, 2.05) is 11.0 Å². The van der Waals surface area contributed by atoms with Crippen molar-refractivity contribution in [1.29, 1.82) is 0 Å². The predicted molar refractivity (Wildman–Crippen MR) is 104 cm³/mol. The molecule has 2 N–H and O–H groups in total. The second-order valence-electron chi connectivity index (χ2n) is 6.87. The first-order valence-corrected chi connectivity index (χ1v) is 9.34. The average molecular weight is 386 g/mol. The van der Waals surface area contributed by atoms with Crippen LogP contribution in [0.15, 0.2) is 31.1 Å². The smallest absolute Gasteiger partial charge is 0.249 e. The zero-order valence-electron chi connectivity index (χ0n) is 14.7. The Morgan fingerprint density at radius 1 is 1.33 bits per heavy atom. The number of halogens is 1. The fraction of sp³-hybridized carbons (Fsp3) is 0.368. The van der Waals surface area contributed by atoms with Gasteiger partial charge < -0.3 is 10.2 Å². The van der Waals surface area contributed by atoms with E-state index in [-0.39, 0.29) is 5.91 Å². The van der Waals surface area contributed by atoms with E-state index in [1.54, 1.807) is 0 Å². The number of carbonyl (C=O) groups is 2. The lowest BCUT2D eigenvalue weighted by molar-refractivity contribution is -0.129. The molecule has 1 aromatic heterocycles. The first kappa shape index (κ1) is 17.9. The van der Waals surface area contributed by atoms with E-state index < -0.39 is 11.9 Å². The molecule has 7 nitrogen and oxygen atoms in total. The Labute approximate surface area is 161 Å². The van der Waals surface area contributed by atoms with E-state index in [0.29, 0.717) is 25.6 Å². The quantitative estimate of drug-likeness (QED) is 0.780. The second kappa shape index (κ2) is 7.25. The molecule has 27 heavy (non-hydrogen) atoms. The fourth-order valence-corrected chi connectivity index (χ4v) is 3.73. The summed E-state index contributed by atoms with van der Waals surface area (Å²) in [4.78, 5) is 34.6. The standard InChI is InChI=1S/C19H20ClN5O2/c1-2-17(26)24-19(27)16-9-25(6-5-21-16)18-13-7-12(11-3-4-11)14(20)8-15(13)22-10-23-18/h2,7-8,10-11,16,21H,1,3-6,9H2,(H,24,26,27). The Hall–Kier alpha value is -2.51. The van der Waals surface area contributed by atoms with Crippen molar-refractivity contribution in [2.45, 2.75) is 24.8 Å². The third-order valence-corrected chi connectivity index (χ3v) is 5.30. The minimum absolute atomic E-state index is 0.371. The molecule has 8 heteroatoms. The SMILES string of the molecule is C=CC(=O)NC(=O)C1CN(c2ncnc3cc(Cl)c(C4CC4)cc23)CCN1. The van der Waals surface area contributed by atoms with Crippen LogP contribution in [-0.2, 0) is 9.59 Å². The molecule has 140 valence electrons. The number of hydrogen-bond donors (Lipinski definition) is 2. The van der Waals surface area contributed by atoms with Gasteiger partial charge >= 0.3 is 0 Å². The Balaban J connectivity index is 1.63. The summed E-state index contributed by atoms with van der Waals surface area (Å²) >= 11 is 6.43. The van der Waals surface area contributed by atoms with Crippen LogP contribution in [0.4, 0.5) is 5.82 Å². The van der Waals surface area contributed by atoms with Crippen LogP contribution in [0, 0.1) is 0 Å². The summed E-state index contributed by atoms with van der Waals surface area (Å²) in [5.74, 6) is 0.425. The Morgan fingerprint density at radius 2 is 2.15 bits per heavy atom. The molecular formula is C19H20ClN5O2. The molecule has 0 radical (unpaired) electrons. The topological polar surface area (TPSA) is 87.2 Å². The van der Waals surface area contributed by atoms with Gasteiger partial charge in [0.15, 0.2) is 0 Å². The normalized spacial score (nSPS) is 19.7. The summed E-state index contributed by atoms with van der Waals surface area (Å²) in [7, 11) is 0. The van der Waals surface area contributed by atoms with Gasteiger partial charge in [0.25, 0.3) is 0 Å². The molecular weight excluding hydrogens is 366 g/mol. The van der Waals surface area contributed by atoms with E-state index in [2.05, 4.69) is 33.2 Å². The van der Waals surface area contributed by atoms with Gasteiger partial charge in [-0.25, -0.2) is 9.97 Å². The lowest BCUT2D eigenvalue weighted by Gasteiger charge is -2.34. The maximum Gasteiger partial charge on any atom is 0.249 e. The molecule has 2 aliphatic rings. The number of piperazine rings is 1. The summed E-state index contributed by atoms with van der Waals surface area (Å²) in [6.45, 7) is 5.08. The number of aromatic nitrogens is 2. The molecule has 1 aliphatic carbocycles. The summed E-state index contributed by atoms with van der Waals surface area (Å²) < 4.78 is 0. The highest BCUT2D eigenvalue weighted by Crippen LogP contribution is 2.45. The molecule has 2 aromatic rings. The van der Waals surface area contributed by atoms with Crippen LogP contribution in [0.25, 0.3) is 10.9 Å². The van der Waals surface area contributed by atoms with E-state index in [1.165, 1.54) is 6.33 Å². The minimum atomic E-state index is -0.511. The molecule has 0 bridgehead atoms. The maximum atomic E-state index is 12.3. The molecule has 1 unspecified atom stereocenters. The van der Waals surface area contributed by atoms with Crippen molar-refractivity contribution < 1.29 is 9.59 Å². The largest absolute Gasteiger partial charge is 0.353 e. The number of carbonyl (C=O) groups excluding carboxylic acids is 2. The zero-order chi connectivity index (χ0) is 19.0. The van der Waals surface area contributed by atoms with Crippen LogP contribution in [0.2, 0.25) is 5.02 Å². The average Bonchev–Trinajstić information content (AvgIpc) is 3.52. The molecule has 1 aliphatic heterocycles. The summed E-state index contributed by atoms with van der Waals surface area (Å²) in [5.41, 5.74) is 1.93. The Morgan fingerprint density at radius 3 is 2.89 bits per heavy atom. The minimum Gasteiger partial charge on any atom is -0.353 e. The lowest BCUT2D eigenvalue weighted by Crippen LogP contribution is -2.58. The first-order chi connectivity index (χ1) is 13.1. The van der Waals surface area contributed by atoms with Crippen molar-refractivity contribution in [2.75, 3.05) is 24.5 Å². The Kier molecular flexibility index (Phi) is 4.80. The van der Waals surface area contributed by atoms with Crippen molar-refractivity contribution >= 4 is 40.1 Å². The summed E-state index contributed by atoms with van der Waals surface area (Å²) in [5, 5.41) is 7.14. The number of fused-ring (bicyclic) bond motifs is 1. The molecule has 2 fully saturated rings. The van der Waals surface area contributed by atoms with Crippen molar-refractivity contribution in [3.63, 3.8) is 0 Å². The van der Waals surface area contributed by atoms with Crippen molar-refractivity contribution in [1.82, 2.24) is 20.6 Å². The van der Waals surface area contributed by atoms with Gasteiger partial charge in [-0.3, -0.25) is 14.9 Å². The van der Waals surface area contributed by atoms with Gasteiger partial charge in [0.1, 0.15) is 18.2 Å². The zero-order valence-corrected chi connectivity index (χ0v) is 15.5. The molecule has 0 spiro atoms. The monoisotopic (exact) mass is 385 g/mol. The van der Waals surface area contributed by atoms with Crippen molar-refractivity contribution in [3.8, 4) is 0 Å². The molecule has 1 atom stereocenters. The molecule has 4 rings (SSSR count). The lowest BCUT2D eigenvalue weighted by atomic mass is 10.1. The van der Waals surface area contributed by atoms with Gasteiger partial charge in [-0.05, 0) is 42.5 Å². The first-order valence-electron chi connectivity index (χ1n) is 8.96. The van der Waals surface area contributed by atoms with Gasteiger partial charge in [0.2, 0.25) is 11.8 Å². The van der Waals surface area contributed by atoms with Crippen LogP contribution >= 0.6 is 11.6 Å². The highest BCUT2D eigenvalue weighted by molar-refractivity contribution is 6.32. The van der Waals surface area contributed by atoms with E-state index in [9.17, 15) is 9.59 Å². The molecule has 1 saturated carbocycles. The van der Waals surface area contributed by atoms with E-state index in [4.69, 9.17) is 11.6 Å². The summed E-state index contributed by atoms with van der Waals surface area (Å²) in [6, 6.07) is 3.47. The maximum absolute atomic E-state index is 12.3. The number of hydrogen-bond acceptors (Lipinski definition) is 6. The van der Waals surface area contributed by atoms with Gasteiger partial charge in [0, 0.05) is 30.0 Å². The van der Waals surface area contributed by atoms with Crippen LogP contribution in [0.1, 0.15) is 24.3 Å². The van der Waals surface area contributed by atoms with Crippen molar-refractivity contribution in [2.24, 2.45) is 0 Å². The molecule has 1 aromatic carbocycles. The molecule has 1 saturated heterocycles. The number of imide groups is 1. The number of amides is 2. The highest BCUT2D eigenvalue weighted by atomic mass is 35.5. The number of rotatable bonds is 4. The van der Waals surface area contributed by atoms with Crippen molar-refractivity contribution in [3.05, 3.63) is 41.7 Å². The highest BCUT2D eigenvalue weighted by Gasteiger charge is 2.29. The van der Waals surface area contributed by atoms with Crippen LogP contribution in [-0.4, -0.2) is 47.5 Å². The molecule has 2 heterocycles. The number of anilines is 1. The Bertz CT molecular complexity index is 928. The van der Waals surface area contributed by atoms with Gasteiger partial charge in [-0.2, -0.15) is 0 Å². The third-order valence-electron chi connectivity index (χ3n) is 4.97. The predicted octanol–water partition coefficient (Wildman–Crippen LogP) is 1.77. The van der Waals surface area contributed by atoms with Gasteiger partial charge in [0.05, 0.1) is 5.52 Å². The van der Waals surface area contributed by atoms with Crippen LogP contribution < -0.4 is 15.5 Å². The number of benzene rings is 1. The number of nitrogens with zero attached hydrogens (tertiary/aromatic N) is 3. The summed E-state index contributed by atoms with van der Waals surface area (Å²) in [6.07, 6.45) is 4.91. The van der Waals surface area contributed by atoms with Gasteiger partial charge in [-0.1, -0.05) is 18.2 Å². The van der Waals surface area contributed by atoms with Crippen LogP contribution in [0.3, 0.4) is 0 Å². The van der Waals surface area contributed by atoms with E-state index >= 15 is 0 Å². The van der Waals surface area contributed by atoms with Gasteiger partial charge in [-0.15, -0.1) is 0 Å². The fourth-order valence-electron chi connectivity index (χ4n) is 3.42. The third kappa shape index (κ3) is 3.65. The molecule has 2 amide bonds. The second-order valence-corrected chi connectivity index (χ2v) is 7.28. The van der Waals surface area contributed by atoms with E-state index in [0.717, 1.165) is 46.2 Å². The van der Waals surface area contributed by atoms with Crippen LogP contribution in [0.5, 0.6) is 0 Å².